The van der Waals surface area contributed by atoms with Crippen LogP contribution in [-0.2, 0) is 16.0 Å². The van der Waals surface area contributed by atoms with E-state index in [4.69, 9.17) is 33.7 Å². The first-order valence-electron chi connectivity index (χ1n) is 5.93. The average Bonchev–Trinajstić information content (AvgIpc) is 2.32. The van der Waals surface area contributed by atoms with Crippen LogP contribution in [0.5, 0.6) is 0 Å². The minimum Gasteiger partial charge on any atom is -0.466 e. The summed E-state index contributed by atoms with van der Waals surface area (Å²) >= 11 is 12.0. The molecular formula is C13H16Cl3NO2. The van der Waals surface area contributed by atoms with Gasteiger partial charge < -0.3 is 10.5 Å². The summed E-state index contributed by atoms with van der Waals surface area (Å²) in [6, 6.07) is 3.40. The van der Waals surface area contributed by atoms with Crippen LogP contribution >= 0.6 is 35.6 Å². The Bertz CT molecular complexity index is 479. The van der Waals surface area contributed by atoms with Gasteiger partial charge in [0.25, 0.3) is 0 Å². The van der Waals surface area contributed by atoms with Gasteiger partial charge >= 0.3 is 5.97 Å². The van der Waals surface area contributed by atoms with Gasteiger partial charge in [-0.25, -0.2) is 0 Å². The predicted octanol–water partition coefficient (Wildman–Crippen LogP) is 3.54. The van der Waals surface area contributed by atoms with Crippen molar-refractivity contribution in [2.24, 2.45) is 11.7 Å². The molecule has 0 saturated heterocycles. The Labute approximate surface area is 128 Å². The molecule has 0 aliphatic heterocycles. The van der Waals surface area contributed by atoms with E-state index >= 15 is 0 Å². The zero-order chi connectivity index (χ0) is 13.3. The van der Waals surface area contributed by atoms with E-state index < -0.39 is 0 Å². The Morgan fingerprint density at radius 3 is 2.68 bits per heavy atom. The Morgan fingerprint density at radius 2 is 2.05 bits per heavy atom. The van der Waals surface area contributed by atoms with Crippen LogP contribution in [0.3, 0.4) is 0 Å². The summed E-state index contributed by atoms with van der Waals surface area (Å²) < 4.78 is 5.05. The normalized spacial score (nSPS) is 21.3. The molecular weight excluding hydrogens is 309 g/mol. The van der Waals surface area contributed by atoms with E-state index in [0.717, 1.165) is 11.1 Å². The van der Waals surface area contributed by atoms with Crippen LogP contribution in [0, 0.1) is 5.92 Å². The molecule has 1 aliphatic rings. The van der Waals surface area contributed by atoms with Gasteiger partial charge in [0.2, 0.25) is 0 Å². The first-order chi connectivity index (χ1) is 8.52. The molecule has 0 heterocycles. The zero-order valence-electron chi connectivity index (χ0n) is 10.5. The highest BCUT2D eigenvalue weighted by atomic mass is 35.5. The molecule has 0 amide bonds. The molecule has 2 N–H and O–H groups in total. The van der Waals surface area contributed by atoms with Gasteiger partial charge in [0.1, 0.15) is 0 Å². The number of carbonyl (C=O) groups is 1. The third-order valence-electron chi connectivity index (χ3n) is 3.21. The Balaban J connectivity index is 0.00000180. The maximum absolute atomic E-state index is 11.8. The molecule has 2 atom stereocenters. The van der Waals surface area contributed by atoms with Crippen molar-refractivity contribution < 1.29 is 9.53 Å². The van der Waals surface area contributed by atoms with Crippen molar-refractivity contribution in [3.63, 3.8) is 0 Å². The molecule has 1 aliphatic carbocycles. The first kappa shape index (κ1) is 16.6. The van der Waals surface area contributed by atoms with Gasteiger partial charge in [-0.05, 0) is 43.0 Å². The van der Waals surface area contributed by atoms with E-state index in [1.165, 1.54) is 0 Å². The van der Waals surface area contributed by atoms with Crippen LogP contribution in [0.1, 0.15) is 30.5 Å². The van der Waals surface area contributed by atoms with Crippen LogP contribution in [0.2, 0.25) is 10.0 Å². The first-order valence-corrected chi connectivity index (χ1v) is 6.68. The molecule has 0 bridgehead atoms. The van der Waals surface area contributed by atoms with Crippen molar-refractivity contribution in [2.75, 3.05) is 6.61 Å². The summed E-state index contributed by atoms with van der Waals surface area (Å²) in [4.78, 5) is 11.8. The fraction of sp³-hybridized carbons (Fsp3) is 0.462. The third kappa shape index (κ3) is 3.54. The van der Waals surface area contributed by atoms with Crippen LogP contribution in [-0.4, -0.2) is 12.6 Å². The summed E-state index contributed by atoms with van der Waals surface area (Å²) in [5.74, 6) is -0.380. The maximum Gasteiger partial charge on any atom is 0.309 e. The van der Waals surface area contributed by atoms with E-state index in [0.29, 0.717) is 29.5 Å². The molecule has 0 saturated carbocycles. The fourth-order valence-corrected chi connectivity index (χ4v) is 2.71. The highest BCUT2D eigenvalue weighted by Gasteiger charge is 2.30. The molecule has 0 fully saturated rings. The van der Waals surface area contributed by atoms with E-state index in [9.17, 15) is 4.79 Å². The lowest BCUT2D eigenvalue weighted by atomic mass is 9.81. The van der Waals surface area contributed by atoms with Crippen molar-refractivity contribution in [1.29, 1.82) is 0 Å². The van der Waals surface area contributed by atoms with Crippen molar-refractivity contribution in [3.05, 3.63) is 33.3 Å². The fourth-order valence-electron chi connectivity index (χ4n) is 2.35. The Morgan fingerprint density at radius 1 is 1.42 bits per heavy atom. The molecule has 0 radical (unpaired) electrons. The number of ether oxygens (including phenoxy) is 1. The number of fused-ring (bicyclic) bond motifs is 1. The number of esters is 1. The lowest BCUT2D eigenvalue weighted by molar-refractivity contribution is -0.148. The molecule has 19 heavy (non-hydrogen) atoms. The number of benzene rings is 1. The van der Waals surface area contributed by atoms with E-state index in [1.807, 2.05) is 0 Å². The van der Waals surface area contributed by atoms with Crippen LogP contribution in [0.15, 0.2) is 12.1 Å². The van der Waals surface area contributed by atoms with Crippen LogP contribution in [0.4, 0.5) is 0 Å². The quantitative estimate of drug-likeness (QED) is 0.847. The van der Waals surface area contributed by atoms with Gasteiger partial charge in [-0.15, -0.1) is 12.4 Å². The minimum atomic E-state index is -0.196. The third-order valence-corrected chi connectivity index (χ3v) is 3.93. The second-order valence-electron chi connectivity index (χ2n) is 4.46. The van der Waals surface area contributed by atoms with Crippen molar-refractivity contribution in [2.45, 2.75) is 25.8 Å². The van der Waals surface area contributed by atoms with Gasteiger partial charge in [-0.1, -0.05) is 23.2 Å². The number of rotatable bonds is 2. The van der Waals surface area contributed by atoms with E-state index in [-0.39, 0.29) is 30.3 Å². The minimum absolute atomic E-state index is 0. The van der Waals surface area contributed by atoms with E-state index in [1.54, 1.807) is 19.1 Å². The number of hydrogen-bond acceptors (Lipinski definition) is 3. The smallest absolute Gasteiger partial charge is 0.309 e. The van der Waals surface area contributed by atoms with Gasteiger partial charge in [-0.3, -0.25) is 4.79 Å². The standard InChI is InChI=1S/C13H15Cl2NO2.ClH/c1-2-18-13(17)8-3-7-4-10(14)11(15)6-9(7)12(16)5-8;/h4,6,8,12H,2-3,5,16H2,1H3;1H/t8-,12-;/m1./s1. The summed E-state index contributed by atoms with van der Waals surface area (Å²) in [6.45, 7) is 2.18. The molecule has 3 nitrogen and oxygen atoms in total. The average molecular weight is 325 g/mol. The second-order valence-corrected chi connectivity index (χ2v) is 5.27. The number of hydrogen-bond donors (Lipinski definition) is 1. The molecule has 106 valence electrons. The number of carbonyl (C=O) groups excluding carboxylic acids is 1. The summed E-state index contributed by atoms with van der Waals surface area (Å²) in [7, 11) is 0. The molecule has 6 heteroatoms. The number of halogens is 3. The van der Waals surface area contributed by atoms with Crippen molar-refractivity contribution >= 4 is 41.6 Å². The Kier molecular flexibility index (Phi) is 5.93. The lowest BCUT2D eigenvalue weighted by Crippen LogP contribution is -2.30. The monoisotopic (exact) mass is 323 g/mol. The van der Waals surface area contributed by atoms with Crippen molar-refractivity contribution in [3.8, 4) is 0 Å². The summed E-state index contributed by atoms with van der Waals surface area (Å²) in [6.07, 6.45) is 1.20. The molecule has 0 aromatic heterocycles. The number of nitrogens with two attached hydrogens (primary N) is 1. The summed E-state index contributed by atoms with van der Waals surface area (Å²) in [5, 5.41) is 0.993. The predicted molar refractivity (Wildman–Crippen MR) is 79.1 cm³/mol. The van der Waals surface area contributed by atoms with Gasteiger partial charge in [0.15, 0.2) is 0 Å². The largest absolute Gasteiger partial charge is 0.466 e. The zero-order valence-corrected chi connectivity index (χ0v) is 12.8. The molecule has 0 unspecified atom stereocenters. The lowest BCUT2D eigenvalue weighted by Gasteiger charge is -2.28. The Hall–Kier alpha value is -0.480. The van der Waals surface area contributed by atoms with Crippen LogP contribution < -0.4 is 5.73 Å². The molecule has 1 aromatic carbocycles. The molecule has 1 aromatic rings. The summed E-state index contributed by atoms with van der Waals surface area (Å²) in [5.41, 5.74) is 8.04. The molecule has 2 rings (SSSR count). The maximum atomic E-state index is 11.8. The molecule has 0 spiro atoms. The van der Waals surface area contributed by atoms with Crippen molar-refractivity contribution in [1.82, 2.24) is 0 Å². The second kappa shape index (κ2) is 6.80. The topological polar surface area (TPSA) is 52.3 Å². The van der Waals surface area contributed by atoms with Gasteiger partial charge in [0, 0.05) is 6.04 Å². The highest BCUT2D eigenvalue weighted by molar-refractivity contribution is 6.42. The van der Waals surface area contributed by atoms with Gasteiger partial charge in [-0.2, -0.15) is 0 Å². The van der Waals surface area contributed by atoms with Crippen LogP contribution in [0.25, 0.3) is 0 Å². The highest BCUT2D eigenvalue weighted by Crippen LogP contribution is 2.36. The van der Waals surface area contributed by atoms with Gasteiger partial charge in [0.05, 0.1) is 22.6 Å². The SMILES string of the molecule is CCOC(=O)[C@@H]1Cc2cc(Cl)c(Cl)cc2[C@H](N)C1.Cl. The van der Waals surface area contributed by atoms with E-state index in [2.05, 4.69) is 0 Å².